The average molecular weight is 323 g/mol. The molecule has 0 saturated heterocycles. The highest BCUT2D eigenvalue weighted by atomic mass is 19.4. The van der Waals surface area contributed by atoms with Gasteiger partial charge in [0.15, 0.2) is 0 Å². The van der Waals surface area contributed by atoms with Crippen LogP contribution in [0.15, 0.2) is 11.8 Å². The van der Waals surface area contributed by atoms with E-state index in [4.69, 9.17) is 9.47 Å². The van der Waals surface area contributed by atoms with Gasteiger partial charge in [-0.05, 0) is 6.92 Å². The lowest BCUT2D eigenvalue weighted by atomic mass is 10.3. The fourth-order valence-corrected chi connectivity index (χ4v) is 1.07. The van der Waals surface area contributed by atoms with Crippen molar-refractivity contribution in [2.24, 2.45) is 0 Å². The molecule has 0 aromatic rings. The molecule has 0 heterocycles. The van der Waals surface area contributed by atoms with Gasteiger partial charge in [0.05, 0.1) is 19.8 Å². The van der Waals surface area contributed by atoms with E-state index in [1.54, 1.807) is 12.2 Å². The number of rotatable bonds is 9. The number of ketones is 1. The molecule has 0 aliphatic rings. The van der Waals surface area contributed by atoms with E-state index in [2.05, 4.69) is 0 Å². The molecule has 0 rings (SSSR count). The van der Waals surface area contributed by atoms with Crippen molar-refractivity contribution in [3.8, 4) is 0 Å². The number of carbonyl (C=O) groups excluding carboxylic acids is 1. The van der Waals surface area contributed by atoms with Crippen LogP contribution in [0.5, 0.6) is 0 Å². The first-order chi connectivity index (χ1) is 9.59. The molecule has 0 atom stereocenters. The number of allylic oxidation sites excluding steroid dienone is 2. The molecule has 1 N–H and O–H groups in total. The highest BCUT2D eigenvalue weighted by Crippen LogP contribution is 2.25. The molecule has 0 aliphatic carbocycles. The van der Waals surface area contributed by atoms with Crippen LogP contribution in [0.4, 0.5) is 26.3 Å². The molecular formula is C11H15F6NO3. The Kier molecular flexibility index (Phi) is 8.33. The summed E-state index contributed by atoms with van der Waals surface area (Å²) in [5, 5.41) is 1.70. The van der Waals surface area contributed by atoms with Crippen molar-refractivity contribution in [1.82, 2.24) is 5.32 Å². The Balaban J connectivity index is 4.35. The van der Waals surface area contributed by atoms with Crippen molar-refractivity contribution in [1.29, 1.82) is 0 Å². The zero-order chi connectivity index (χ0) is 16.5. The van der Waals surface area contributed by atoms with Gasteiger partial charge in [0, 0.05) is 19.2 Å². The third kappa shape index (κ3) is 9.29. The third-order valence-electron chi connectivity index (χ3n) is 2.00. The standard InChI is InChI=1S/C11H15F6NO3/c1-2-20-5-6-21-4-3-18-8(10(12,13)14)7-9(19)11(15,16)17/h7,18H,2-6H2,1H3/b8-7+. The first kappa shape index (κ1) is 19.7. The molecule has 0 amide bonds. The average Bonchev–Trinajstić information content (AvgIpc) is 2.33. The molecule has 0 bridgehead atoms. The van der Waals surface area contributed by atoms with Crippen LogP contribution < -0.4 is 5.32 Å². The van der Waals surface area contributed by atoms with Crippen LogP contribution in [0.3, 0.4) is 0 Å². The molecule has 4 nitrogen and oxygen atoms in total. The summed E-state index contributed by atoms with van der Waals surface area (Å²) in [4.78, 5) is 10.5. The van der Waals surface area contributed by atoms with Crippen LogP contribution in [0.1, 0.15) is 6.92 Å². The Morgan fingerprint density at radius 3 is 2.05 bits per heavy atom. The van der Waals surface area contributed by atoms with E-state index in [0.717, 1.165) is 0 Å². The minimum absolute atomic E-state index is 0.141. The molecule has 0 aromatic carbocycles. The summed E-state index contributed by atoms with van der Waals surface area (Å²) in [6.45, 7) is 2.03. The molecule has 10 heteroatoms. The van der Waals surface area contributed by atoms with Gasteiger partial charge in [-0.25, -0.2) is 0 Å². The lowest BCUT2D eigenvalue weighted by molar-refractivity contribution is -0.166. The van der Waals surface area contributed by atoms with Crippen LogP contribution >= 0.6 is 0 Å². The molecule has 0 radical (unpaired) electrons. The van der Waals surface area contributed by atoms with E-state index in [1.807, 2.05) is 0 Å². The molecule has 0 unspecified atom stereocenters. The SMILES string of the molecule is CCOCCOCCN/C(=C/C(=O)C(F)(F)F)C(F)(F)F. The van der Waals surface area contributed by atoms with Crippen molar-refractivity contribution in [2.75, 3.05) is 33.0 Å². The maximum atomic E-state index is 12.4. The zero-order valence-electron chi connectivity index (χ0n) is 11.1. The summed E-state index contributed by atoms with van der Waals surface area (Å²) < 4.78 is 82.9. The zero-order valence-corrected chi connectivity index (χ0v) is 11.1. The summed E-state index contributed by atoms with van der Waals surface area (Å²) in [6, 6.07) is 0. The van der Waals surface area contributed by atoms with E-state index >= 15 is 0 Å². The smallest absolute Gasteiger partial charge is 0.379 e. The van der Waals surface area contributed by atoms with Crippen molar-refractivity contribution in [2.45, 2.75) is 19.3 Å². The number of hydrogen-bond donors (Lipinski definition) is 1. The lowest BCUT2D eigenvalue weighted by Gasteiger charge is -2.14. The van der Waals surface area contributed by atoms with Gasteiger partial charge in [-0.15, -0.1) is 0 Å². The maximum Gasteiger partial charge on any atom is 0.454 e. The molecule has 0 spiro atoms. The predicted molar refractivity (Wildman–Crippen MR) is 60.5 cm³/mol. The van der Waals surface area contributed by atoms with E-state index < -0.39 is 36.5 Å². The van der Waals surface area contributed by atoms with Crippen molar-refractivity contribution in [3.63, 3.8) is 0 Å². The molecule has 0 saturated carbocycles. The fraction of sp³-hybridized carbons (Fsp3) is 0.727. The summed E-state index contributed by atoms with van der Waals surface area (Å²) >= 11 is 0. The Bertz CT molecular complexity index is 351. The minimum Gasteiger partial charge on any atom is -0.379 e. The Morgan fingerprint density at radius 2 is 1.57 bits per heavy atom. The summed E-state index contributed by atoms with van der Waals surface area (Å²) in [5.41, 5.74) is -1.77. The van der Waals surface area contributed by atoms with Crippen molar-refractivity contribution < 1.29 is 40.6 Å². The van der Waals surface area contributed by atoms with Gasteiger partial charge in [-0.3, -0.25) is 4.79 Å². The van der Waals surface area contributed by atoms with Crippen LogP contribution in [-0.4, -0.2) is 51.1 Å². The van der Waals surface area contributed by atoms with Crippen molar-refractivity contribution >= 4 is 5.78 Å². The van der Waals surface area contributed by atoms with Crippen molar-refractivity contribution in [3.05, 3.63) is 11.8 Å². The van der Waals surface area contributed by atoms with E-state index in [-0.39, 0.29) is 19.8 Å². The number of alkyl halides is 6. The van der Waals surface area contributed by atoms with Crippen LogP contribution in [-0.2, 0) is 14.3 Å². The number of carbonyl (C=O) groups is 1. The van der Waals surface area contributed by atoms with Crippen LogP contribution in [0.2, 0.25) is 0 Å². The predicted octanol–water partition coefficient (Wildman–Crippen LogP) is 2.21. The number of ether oxygens (including phenoxy) is 2. The number of hydrogen-bond acceptors (Lipinski definition) is 4. The minimum atomic E-state index is -5.35. The van der Waals surface area contributed by atoms with Crippen LogP contribution in [0, 0.1) is 0 Å². The van der Waals surface area contributed by atoms with Gasteiger partial charge in [0.2, 0.25) is 0 Å². The topological polar surface area (TPSA) is 47.6 Å². The van der Waals surface area contributed by atoms with E-state index in [1.165, 1.54) is 0 Å². The first-order valence-corrected chi connectivity index (χ1v) is 5.88. The summed E-state index contributed by atoms with van der Waals surface area (Å²) in [5.74, 6) is -2.58. The molecule has 124 valence electrons. The first-order valence-electron chi connectivity index (χ1n) is 5.88. The Hall–Kier alpha value is -1.29. The van der Waals surface area contributed by atoms with Gasteiger partial charge in [-0.1, -0.05) is 0 Å². The van der Waals surface area contributed by atoms with Gasteiger partial charge in [-0.2, -0.15) is 26.3 Å². The van der Waals surface area contributed by atoms with Gasteiger partial charge in [0.1, 0.15) is 5.70 Å². The molecule has 0 aromatic heterocycles. The second-order valence-electron chi connectivity index (χ2n) is 3.65. The Morgan fingerprint density at radius 1 is 1.00 bits per heavy atom. The number of nitrogens with one attached hydrogen (secondary N) is 1. The van der Waals surface area contributed by atoms with Gasteiger partial charge in [0.25, 0.3) is 5.78 Å². The fourth-order valence-electron chi connectivity index (χ4n) is 1.07. The molecule has 0 aliphatic heterocycles. The summed E-state index contributed by atoms with van der Waals surface area (Å²) in [6.07, 6.45) is -11.0. The second kappa shape index (κ2) is 8.88. The molecule has 0 fully saturated rings. The molecule has 21 heavy (non-hydrogen) atoms. The van der Waals surface area contributed by atoms with E-state index in [9.17, 15) is 31.1 Å². The number of halogens is 6. The van der Waals surface area contributed by atoms with E-state index in [0.29, 0.717) is 6.61 Å². The highest BCUT2D eigenvalue weighted by molar-refractivity contribution is 5.95. The lowest BCUT2D eigenvalue weighted by Crippen LogP contribution is -2.32. The third-order valence-corrected chi connectivity index (χ3v) is 2.00. The van der Waals surface area contributed by atoms with Gasteiger partial charge >= 0.3 is 12.4 Å². The highest BCUT2D eigenvalue weighted by Gasteiger charge is 2.41. The molecular weight excluding hydrogens is 308 g/mol. The monoisotopic (exact) mass is 323 g/mol. The second-order valence-corrected chi connectivity index (χ2v) is 3.65. The van der Waals surface area contributed by atoms with Gasteiger partial charge < -0.3 is 14.8 Å². The normalized spacial score (nSPS) is 13.4. The summed E-state index contributed by atoms with van der Waals surface area (Å²) in [7, 11) is 0. The largest absolute Gasteiger partial charge is 0.454 e. The quantitative estimate of drug-likeness (QED) is 0.401. The van der Waals surface area contributed by atoms with Crippen LogP contribution in [0.25, 0.3) is 0 Å². The Labute approximate surface area is 117 Å². The maximum absolute atomic E-state index is 12.4.